The van der Waals surface area contributed by atoms with Gasteiger partial charge in [0.05, 0.1) is 12.8 Å². The molecule has 0 saturated heterocycles. The maximum atomic E-state index is 13.4. The molecule has 0 aliphatic heterocycles. The van der Waals surface area contributed by atoms with Crippen molar-refractivity contribution in [1.29, 1.82) is 0 Å². The van der Waals surface area contributed by atoms with Crippen LogP contribution in [0.25, 0.3) is 11.5 Å². The zero-order valence-electron chi connectivity index (χ0n) is 15.2. The van der Waals surface area contributed by atoms with Crippen LogP contribution < -0.4 is 10.1 Å². The largest absolute Gasteiger partial charge is 0.495 e. The highest BCUT2D eigenvalue weighted by Gasteiger charge is 2.22. The Hall–Kier alpha value is -3.67. The number of benzene rings is 3. The number of nitrogens with zero attached hydrogens (tertiary/aromatic N) is 2. The molecule has 0 radical (unpaired) electrons. The zero-order chi connectivity index (χ0) is 19.3. The van der Waals surface area contributed by atoms with Gasteiger partial charge in [-0.25, -0.2) is 4.39 Å². The lowest BCUT2D eigenvalue weighted by atomic mass is 10.1. The first-order valence-electron chi connectivity index (χ1n) is 8.78. The zero-order valence-corrected chi connectivity index (χ0v) is 15.2. The molecule has 0 unspecified atom stereocenters. The number of aromatic nitrogens is 2. The van der Waals surface area contributed by atoms with Gasteiger partial charge in [-0.05, 0) is 42.0 Å². The third-order valence-corrected chi connectivity index (χ3v) is 4.32. The lowest BCUT2D eigenvalue weighted by molar-refractivity contribution is 0.415. The maximum absolute atomic E-state index is 13.4. The van der Waals surface area contributed by atoms with E-state index in [0.717, 1.165) is 16.8 Å². The summed E-state index contributed by atoms with van der Waals surface area (Å²) in [4.78, 5) is 0. The van der Waals surface area contributed by atoms with Gasteiger partial charge in [-0.15, -0.1) is 10.2 Å². The highest BCUT2D eigenvalue weighted by atomic mass is 19.1. The second-order valence-electron chi connectivity index (χ2n) is 6.14. The molecule has 5 nitrogen and oxygen atoms in total. The van der Waals surface area contributed by atoms with E-state index >= 15 is 0 Å². The quantitative estimate of drug-likeness (QED) is 0.509. The van der Waals surface area contributed by atoms with Gasteiger partial charge in [0.15, 0.2) is 0 Å². The first kappa shape index (κ1) is 17.7. The Morgan fingerprint density at radius 3 is 2.36 bits per heavy atom. The predicted octanol–water partition coefficient (Wildman–Crippen LogP) is 5.09. The molecule has 1 atom stereocenters. The number of anilines is 1. The van der Waals surface area contributed by atoms with Gasteiger partial charge in [-0.2, -0.15) is 0 Å². The number of halogens is 1. The van der Waals surface area contributed by atoms with Crippen LogP contribution in [-0.2, 0) is 0 Å². The van der Waals surface area contributed by atoms with Crippen molar-refractivity contribution in [2.45, 2.75) is 6.04 Å². The lowest BCUT2D eigenvalue weighted by Gasteiger charge is -2.19. The summed E-state index contributed by atoms with van der Waals surface area (Å²) in [5.41, 5.74) is 2.38. The lowest BCUT2D eigenvalue weighted by Crippen LogP contribution is -2.13. The van der Waals surface area contributed by atoms with E-state index in [0.29, 0.717) is 17.5 Å². The molecule has 0 saturated carbocycles. The maximum Gasteiger partial charge on any atom is 0.247 e. The summed E-state index contributed by atoms with van der Waals surface area (Å²) in [6, 6.07) is 22.8. The van der Waals surface area contributed by atoms with Gasteiger partial charge in [0.1, 0.15) is 17.6 Å². The van der Waals surface area contributed by atoms with E-state index in [4.69, 9.17) is 9.15 Å². The summed E-state index contributed by atoms with van der Waals surface area (Å²) in [5.74, 6) is 1.16. The minimum atomic E-state index is -0.470. The van der Waals surface area contributed by atoms with Gasteiger partial charge < -0.3 is 14.5 Å². The van der Waals surface area contributed by atoms with Crippen LogP contribution in [0, 0.1) is 5.82 Å². The summed E-state index contributed by atoms with van der Waals surface area (Å²) >= 11 is 0. The smallest absolute Gasteiger partial charge is 0.247 e. The van der Waals surface area contributed by atoms with E-state index in [1.54, 1.807) is 19.2 Å². The molecule has 6 heteroatoms. The van der Waals surface area contributed by atoms with E-state index in [9.17, 15) is 4.39 Å². The molecular formula is C22H18FN3O2. The van der Waals surface area contributed by atoms with E-state index in [-0.39, 0.29) is 5.82 Å². The van der Waals surface area contributed by atoms with E-state index in [2.05, 4.69) is 15.5 Å². The van der Waals surface area contributed by atoms with Crippen molar-refractivity contribution < 1.29 is 13.5 Å². The number of nitrogens with one attached hydrogen (secondary N) is 1. The molecule has 0 amide bonds. The van der Waals surface area contributed by atoms with Crippen LogP contribution in [0.2, 0.25) is 0 Å². The molecule has 4 rings (SSSR count). The molecular weight excluding hydrogens is 357 g/mol. The molecule has 140 valence electrons. The van der Waals surface area contributed by atoms with Crippen molar-refractivity contribution >= 4 is 5.69 Å². The Morgan fingerprint density at radius 2 is 1.61 bits per heavy atom. The molecule has 0 bridgehead atoms. The normalized spacial score (nSPS) is 11.8. The first-order valence-corrected chi connectivity index (χ1v) is 8.78. The van der Waals surface area contributed by atoms with Gasteiger partial charge in [0.2, 0.25) is 11.8 Å². The number of para-hydroxylation sites is 2. The fraction of sp³-hybridized carbons (Fsp3) is 0.0909. The topological polar surface area (TPSA) is 60.2 Å². The van der Waals surface area contributed by atoms with Crippen molar-refractivity contribution in [3.63, 3.8) is 0 Å². The molecule has 1 heterocycles. The van der Waals surface area contributed by atoms with Gasteiger partial charge >= 0.3 is 0 Å². The second-order valence-corrected chi connectivity index (χ2v) is 6.14. The van der Waals surface area contributed by atoms with Crippen LogP contribution in [0.3, 0.4) is 0 Å². The Balaban J connectivity index is 1.73. The minimum Gasteiger partial charge on any atom is -0.495 e. The summed E-state index contributed by atoms with van der Waals surface area (Å²) < 4.78 is 24.8. The van der Waals surface area contributed by atoms with Crippen LogP contribution in [0.5, 0.6) is 5.75 Å². The molecule has 3 aromatic carbocycles. The molecule has 0 spiro atoms. The standard InChI is InChI=1S/C22H18FN3O2/c1-27-19-10-6-5-9-18(19)24-20(15-11-13-17(23)14-12-15)22-26-25-21(28-22)16-7-3-2-4-8-16/h2-14,20,24H,1H3/t20-/m1/s1. The monoisotopic (exact) mass is 375 g/mol. The highest BCUT2D eigenvalue weighted by molar-refractivity contribution is 5.58. The predicted molar refractivity (Wildman–Crippen MR) is 105 cm³/mol. The van der Waals surface area contributed by atoms with Crippen LogP contribution in [0.1, 0.15) is 17.5 Å². The van der Waals surface area contributed by atoms with Crippen LogP contribution >= 0.6 is 0 Å². The average Bonchev–Trinajstić information content (AvgIpc) is 3.24. The summed E-state index contributed by atoms with van der Waals surface area (Å²) in [6.07, 6.45) is 0. The van der Waals surface area contributed by atoms with Crippen molar-refractivity contribution in [2.75, 3.05) is 12.4 Å². The first-order chi connectivity index (χ1) is 13.7. The Kier molecular flexibility index (Phi) is 5.01. The Labute approximate surface area is 161 Å². The molecule has 0 aliphatic carbocycles. The van der Waals surface area contributed by atoms with E-state index < -0.39 is 6.04 Å². The number of hydrogen-bond acceptors (Lipinski definition) is 5. The summed E-state index contributed by atoms with van der Waals surface area (Å²) in [6.45, 7) is 0. The van der Waals surface area contributed by atoms with Gasteiger partial charge in [-0.3, -0.25) is 0 Å². The Morgan fingerprint density at radius 1 is 0.893 bits per heavy atom. The SMILES string of the molecule is COc1ccccc1N[C@H](c1ccc(F)cc1)c1nnc(-c2ccccc2)o1. The number of methoxy groups -OCH3 is 1. The molecule has 1 aromatic heterocycles. The van der Waals surface area contributed by atoms with Crippen molar-refractivity contribution in [3.05, 3.63) is 96.1 Å². The summed E-state index contributed by atoms with van der Waals surface area (Å²) in [5, 5.41) is 11.8. The van der Waals surface area contributed by atoms with Crippen LogP contribution in [0.15, 0.2) is 83.3 Å². The Bertz CT molecular complexity index is 1050. The number of hydrogen-bond donors (Lipinski definition) is 1. The van der Waals surface area contributed by atoms with Crippen LogP contribution in [-0.4, -0.2) is 17.3 Å². The molecule has 4 aromatic rings. The second kappa shape index (κ2) is 7.92. The third-order valence-electron chi connectivity index (χ3n) is 4.32. The van der Waals surface area contributed by atoms with Crippen molar-refractivity contribution in [3.8, 4) is 17.2 Å². The molecule has 28 heavy (non-hydrogen) atoms. The van der Waals surface area contributed by atoms with Gasteiger partial charge in [0.25, 0.3) is 0 Å². The fourth-order valence-electron chi connectivity index (χ4n) is 2.91. The molecule has 0 aliphatic rings. The fourth-order valence-corrected chi connectivity index (χ4v) is 2.91. The van der Waals surface area contributed by atoms with Gasteiger partial charge in [0, 0.05) is 5.56 Å². The average molecular weight is 375 g/mol. The molecule has 1 N–H and O–H groups in total. The van der Waals surface area contributed by atoms with E-state index in [1.807, 2.05) is 54.6 Å². The summed E-state index contributed by atoms with van der Waals surface area (Å²) in [7, 11) is 1.60. The van der Waals surface area contributed by atoms with Crippen molar-refractivity contribution in [2.24, 2.45) is 0 Å². The van der Waals surface area contributed by atoms with Crippen LogP contribution in [0.4, 0.5) is 10.1 Å². The number of ether oxygens (including phenoxy) is 1. The highest BCUT2D eigenvalue weighted by Crippen LogP contribution is 2.32. The third kappa shape index (κ3) is 3.71. The van der Waals surface area contributed by atoms with Crippen molar-refractivity contribution in [1.82, 2.24) is 10.2 Å². The van der Waals surface area contributed by atoms with E-state index in [1.165, 1.54) is 12.1 Å². The number of rotatable bonds is 6. The van der Waals surface area contributed by atoms with Gasteiger partial charge in [-0.1, -0.05) is 42.5 Å². The minimum absolute atomic E-state index is 0.310. The molecule has 0 fully saturated rings.